The number of nitrogens with one attached hydrogen (secondary N) is 3. The van der Waals surface area contributed by atoms with Gasteiger partial charge in [0, 0.05) is 35.3 Å². The number of β-amino-alcohol motifs (C(OH)–C–C–N with tert-alkyl or cyclic N) is 1. The van der Waals surface area contributed by atoms with E-state index in [-0.39, 0.29) is 29.7 Å². The molecule has 4 rings (SSSR count). The Balaban J connectivity index is 1.56. The summed E-state index contributed by atoms with van der Waals surface area (Å²) in [5, 5.41) is 15.8. The molecule has 0 aliphatic carbocycles. The molecule has 1 aliphatic rings. The molecule has 4 N–H and O–H groups in total. The van der Waals surface area contributed by atoms with Gasteiger partial charge in [0.1, 0.15) is 6.04 Å². The number of sulfonamides is 1. The number of anilines is 1. The second-order valence-electron chi connectivity index (χ2n) is 13.6. The molecule has 2 amide bonds. The Kier molecular flexibility index (Phi) is 10.5. The highest BCUT2D eigenvalue weighted by molar-refractivity contribution is 7.89. The second kappa shape index (κ2) is 13.8. The molecule has 1 heterocycles. The Labute approximate surface area is 267 Å². The van der Waals surface area contributed by atoms with Crippen molar-refractivity contribution in [2.24, 2.45) is 0 Å². The highest BCUT2D eigenvalue weighted by Crippen LogP contribution is 2.31. The summed E-state index contributed by atoms with van der Waals surface area (Å²) >= 11 is 0. The minimum absolute atomic E-state index is 0.153. The van der Waals surface area contributed by atoms with E-state index in [0.29, 0.717) is 24.9 Å². The van der Waals surface area contributed by atoms with Crippen LogP contribution in [0.15, 0.2) is 77.7 Å². The van der Waals surface area contributed by atoms with Crippen LogP contribution in [0.3, 0.4) is 0 Å². The molecule has 0 radical (unpaired) electrons. The summed E-state index contributed by atoms with van der Waals surface area (Å²) in [7, 11) is -3.76. The molecule has 3 aromatic rings. The molecule has 0 saturated carbocycles. The van der Waals surface area contributed by atoms with Gasteiger partial charge in [0.15, 0.2) is 0 Å². The van der Waals surface area contributed by atoms with E-state index in [2.05, 4.69) is 15.4 Å². The summed E-state index contributed by atoms with van der Waals surface area (Å²) in [6, 6.07) is 21.6. The average molecular weight is 635 g/mol. The zero-order chi connectivity index (χ0) is 33.0. The number of hydrogen-bond acceptors (Lipinski definition) is 6. The van der Waals surface area contributed by atoms with Gasteiger partial charge in [-0.2, -0.15) is 0 Å². The number of amides is 2. The van der Waals surface area contributed by atoms with Crippen molar-refractivity contribution in [1.29, 1.82) is 0 Å². The third-order valence-electron chi connectivity index (χ3n) is 7.59. The molecule has 3 aromatic carbocycles. The lowest BCUT2D eigenvalue weighted by Crippen LogP contribution is -2.51. The van der Waals surface area contributed by atoms with E-state index in [1.165, 1.54) is 0 Å². The Morgan fingerprint density at radius 2 is 1.62 bits per heavy atom. The first-order valence-electron chi connectivity index (χ1n) is 15.4. The summed E-state index contributed by atoms with van der Waals surface area (Å²) in [5.41, 5.74) is 2.86. The first-order chi connectivity index (χ1) is 21.0. The minimum Gasteiger partial charge on any atom is -0.392 e. The van der Waals surface area contributed by atoms with Crippen LogP contribution in [0.5, 0.6) is 0 Å². The Hall–Kier alpha value is -3.57. The number of hydrogen-bond donors (Lipinski definition) is 4. The van der Waals surface area contributed by atoms with Crippen LogP contribution < -0.4 is 20.3 Å². The summed E-state index contributed by atoms with van der Waals surface area (Å²) < 4.78 is 29.1. The minimum atomic E-state index is -3.76. The number of aliphatic hydroxyl groups is 1. The van der Waals surface area contributed by atoms with Gasteiger partial charge in [-0.05, 0) is 83.2 Å². The topological polar surface area (TPSA) is 128 Å². The van der Waals surface area contributed by atoms with Gasteiger partial charge in [-0.15, -0.1) is 0 Å². The smallest absolute Gasteiger partial charge is 0.249 e. The maximum atomic E-state index is 14.0. The summed E-state index contributed by atoms with van der Waals surface area (Å²) in [4.78, 5) is 29.0. The predicted molar refractivity (Wildman–Crippen MR) is 178 cm³/mol. The number of carbonyl (C=O) groups excluding carboxylic acids is 2. The van der Waals surface area contributed by atoms with Gasteiger partial charge in [-0.1, -0.05) is 60.7 Å². The lowest BCUT2D eigenvalue weighted by atomic mass is 9.99. The van der Waals surface area contributed by atoms with E-state index in [1.807, 2.05) is 68.4 Å². The van der Waals surface area contributed by atoms with Crippen LogP contribution in [0.2, 0.25) is 0 Å². The van der Waals surface area contributed by atoms with Crippen LogP contribution in [0.25, 0.3) is 11.1 Å². The van der Waals surface area contributed by atoms with Crippen molar-refractivity contribution in [1.82, 2.24) is 15.4 Å². The number of aliphatic hydroxyl groups excluding tert-OH is 1. The molecule has 0 unspecified atom stereocenters. The van der Waals surface area contributed by atoms with Gasteiger partial charge >= 0.3 is 0 Å². The molecule has 242 valence electrons. The highest BCUT2D eigenvalue weighted by Gasteiger charge is 2.33. The zero-order valence-corrected chi connectivity index (χ0v) is 27.9. The zero-order valence-electron chi connectivity index (χ0n) is 27.1. The second-order valence-corrected chi connectivity index (χ2v) is 15.2. The molecule has 0 bridgehead atoms. The van der Waals surface area contributed by atoms with Crippen LogP contribution in [0.1, 0.15) is 65.5 Å². The lowest BCUT2D eigenvalue weighted by Gasteiger charge is -2.29. The number of para-hydroxylation sites is 1. The van der Waals surface area contributed by atoms with Crippen LogP contribution in [-0.2, 0) is 32.6 Å². The third-order valence-corrected chi connectivity index (χ3v) is 9.40. The normalized spacial score (nSPS) is 16.6. The molecule has 0 spiro atoms. The van der Waals surface area contributed by atoms with E-state index < -0.39 is 33.2 Å². The SMILES string of the molecule is C[C@@H](O)CNC(C)(C)CC(=O)N[C@@H]1CCc2ccccc2N(Cc2ccc(-c3ccccc3S(=O)(=O)NC(C)(C)C)cc2)C1=O. The van der Waals surface area contributed by atoms with Crippen molar-refractivity contribution >= 4 is 27.5 Å². The van der Waals surface area contributed by atoms with E-state index in [1.54, 1.807) is 50.8 Å². The number of rotatable bonds is 11. The van der Waals surface area contributed by atoms with Gasteiger partial charge in [0.05, 0.1) is 17.5 Å². The molecular weight excluding hydrogens is 588 g/mol. The molecular formula is C35H46N4O5S. The molecule has 0 fully saturated rings. The number of nitrogens with zero attached hydrogens (tertiary/aromatic N) is 1. The Morgan fingerprint density at radius 3 is 2.29 bits per heavy atom. The fourth-order valence-electron chi connectivity index (χ4n) is 5.52. The van der Waals surface area contributed by atoms with Crippen molar-refractivity contribution in [3.63, 3.8) is 0 Å². The Morgan fingerprint density at radius 1 is 0.978 bits per heavy atom. The molecule has 0 aromatic heterocycles. The van der Waals surface area contributed by atoms with Gasteiger partial charge in [0.2, 0.25) is 21.8 Å². The van der Waals surface area contributed by atoms with Crippen LogP contribution in [0.4, 0.5) is 5.69 Å². The number of fused-ring (bicyclic) bond motifs is 1. The molecule has 45 heavy (non-hydrogen) atoms. The van der Waals surface area contributed by atoms with E-state index in [4.69, 9.17) is 0 Å². The number of benzene rings is 3. The standard InChI is InChI=1S/C35H46N4O5S/c1-24(40)22-36-35(5,6)21-32(41)37-29-20-19-27-11-7-9-13-30(27)39(33(29)42)23-25-15-17-26(18-16-25)28-12-8-10-14-31(28)45(43,44)38-34(2,3)4/h7-18,24,29,36,38,40H,19-23H2,1-6H3,(H,37,41)/t24-,29-/m1/s1. The van der Waals surface area contributed by atoms with E-state index in [9.17, 15) is 23.1 Å². The predicted octanol–water partition coefficient (Wildman–Crippen LogP) is 4.53. The molecule has 0 saturated heterocycles. The lowest BCUT2D eigenvalue weighted by molar-refractivity contribution is -0.128. The fraction of sp³-hybridized carbons (Fsp3) is 0.429. The molecule has 9 nitrogen and oxygen atoms in total. The maximum absolute atomic E-state index is 14.0. The quantitative estimate of drug-likeness (QED) is 0.246. The summed E-state index contributed by atoms with van der Waals surface area (Å²) in [5.74, 6) is -0.418. The maximum Gasteiger partial charge on any atom is 0.249 e. The molecule has 10 heteroatoms. The van der Waals surface area contributed by atoms with Crippen molar-refractivity contribution in [3.05, 3.63) is 83.9 Å². The summed E-state index contributed by atoms with van der Waals surface area (Å²) in [6.07, 6.45) is 0.734. The molecule has 1 aliphatic heterocycles. The van der Waals surface area contributed by atoms with Crippen molar-refractivity contribution in [3.8, 4) is 11.1 Å². The molecule has 2 atom stereocenters. The van der Waals surface area contributed by atoms with Gasteiger partial charge in [-0.25, -0.2) is 13.1 Å². The van der Waals surface area contributed by atoms with Gasteiger partial charge in [-0.3, -0.25) is 9.59 Å². The first kappa shape index (κ1) is 34.3. The Bertz CT molecular complexity index is 1610. The van der Waals surface area contributed by atoms with Crippen LogP contribution in [-0.4, -0.2) is 55.1 Å². The van der Waals surface area contributed by atoms with Crippen LogP contribution >= 0.6 is 0 Å². The van der Waals surface area contributed by atoms with Gasteiger partial charge < -0.3 is 20.6 Å². The fourth-order valence-corrected chi connectivity index (χ4v) is 7.17. The highest BCUT2D eigenvalue weighted by atomic mass is 32.2. The largest absolute Gasteiger partial charge is 0.392 e. The van der Waals surface area contributed by atoms with Crippen molar-refractivity contribution in [2.45, 2.75) is 95.5 Å². The third kappa shape index (κ3) is 9.23. The monoisotopic (exact) mass is 634 g/mol. The van der Waals surface area contributed by atoms with Gasteiger partial charge in [0.25, 0.3) is 0 Å². The van der Waals surface area contributed by atoms with E-state index >= 15 is 0 Å². The summed E-state index contributed by atoms with van der Waals surface area (Å²) in [6.45, 7) is 11.5. The van der Waals surface area contributed by atoms with Crippen LogP contribution in [0, 0.1) is 0 Å². The number of aryl methyl sites for hydroxylation is 1. The van der Waals surface area contributed by atoms with Crippen molar-refractivity contribution < 1.29 is 23.1 Å². The van der Waals surface area contributed by atoms with E-state index in [0.717, 1.165) is 22.4 Å². The number of carbonyl (C=O) groups is 2. The first-order valence-corrected chi connectivity index (χ1v) is 16.9. The average Bonchev–Trinajstić information content (AvgIpc) is 3.07. The van der Waals surface area contributed by atoms with Crippen molar-refractivity contribution in [2.75, 3.05) is 11.4 Å².